The molecule has 1 N–H and O–H groups in total. The molecule has 0 unspecified atom stereocenters. The number of aromatic nitrogens is 1. The largest absolute Gasteiger partial charge is 0.497 e. The van der Waals surface area contributed by atoms with Crippen molar-refractivity contribution in [1.82, 2.24) is 9.88 Å². The number of ether oxygens (including phenoxy) is 1. The molecule has 0 radical (unpaired) electrons. The number of carbonyl (C=O) groups is 1. The summed E-state index contributed by atoms with van der Waals surface area (Å²) in [5, 5.41) is 2.63. The molecular formula is C27H21F5N2O2. The Hall–Kier alpha value is -4.14. The van der Waals surface area contributed by atoms with Crippen LogP contribution >= 0.6 is 0 Å². The van der Waals surface area contributed by atoms with Crippen LogP contribution in [0.15, 0.2) is 72.8 Å². The van der Waals surface area contributed by atoms with E-state index >= 15 is 0 Å². The molecule has 4 nitrogen and oxygen atoms in total. The molecule has 0 spiro atoms. The Morgan fingerprint density at radius 3 is 2.33 bits per heavy atom. The second kappa shape index (κ2) is 9.85. The molecular weight excluding hydrogens is 479 g/mol. The van der Waals surface area contributed by atoms with Crippen molar-refractivity contribution < 1.29 is 31.5 Å². The quantitative estimate of drug-likeness (QED) is 0.300. The van der Waals surface area contributed by atoms with Gasteiger partial charge in [-0.25, -0.2) is 8.78 Å². The van der Waals surface area contributed by atoms with E-state index in [0.717, 1.165) is 24.3 Å². The molecule has 0 aliphatic rings. The first-order valence-corrected chi connectivity index (χ1v) is 10.8. The van der Waals surface area contributed by atoms with Crippen LogP contribution < -0.4 is 10.1 Å². The zero-order valence-corrected chi connectivity index (χ0v) is 19.3. The number of nitrogens with one attached hydrogen (secondary N) is 1. The molecule has 186 valence electrons. The molecule has 0 aliphatic heterocycles. The topological polar surface area (TPSA) is 43.3 Å². The van der Waals surface area contributed by atoms with Crippen LogP contribution in [0.25, 0.3) is 16.9 Å². The molecule has 0 fully saturated rings. The maximum atomic E-state index is 14.8. The second-order valence-corrected chi connectivity index (χ2v) is 8.07. The molecule has 1 amide bonds. The summed E-state index contributed by atoms with van der Waals surface area (Å²) >= 11 is 0. The fraction of sp³-hybridized carbons (Fsp3) is 0.148. The third-order valence-corrected chi connectivity index (χ3v) is 5.74. The number of carbonyl (C=O) groups excluding carboxylic acids is 1. The van der Waals surface area contributed by atoms with Gasteiger partial charge >= 0.3 is 6.18 Å². The lowest BCUT2D eigenvalue weighted by molar-refractivity contribution is -0.137. The average molecular weight is 500 g/mol. The summed E-state index contributed by atoms with van der Waals surface area (Å²) in [4.78, 5) is 13.1. The lowest BCUT2D eigenvalue weighted by atomic mass is 10.1. The Kier molecular flexibility index (Phi) is 6.83. The van der Waals surface area contributed by atoms with Crippen LogP contribution in [0.4, 0.5) is 22.0 Å². The minimum absolute atomic E-state index is 0.0386. The summed E-state index contributed by atoms with van der Waals surface area (Å²) in [5.41, 5.74) is 1.16. The maximum Gasteiger partial charge on any atom is 0.416 e. The minimum Gasteiger partial charge on any atom is -0.497 e. The molecule has 4 aromatic rings. The van der Waals surface area contributed by atoms with Gasteiger partial charge < -0.3 is 14.6 Å². The normalized spacial score (nSPS) is 11.4. The maximum absolute atomic E-state index is 14.8. The van der Waals surface area contributed by atoms with Crippen molar-refractivity contribution in [2.75, 3.05) is 7.11 Å². The van der Waals surface area contributed by atoms with Crippen molar-refractivity contribution in [1.29, 1.82) is 0 Å². The highest BCUT2D eigenvalue weighted by Crippen LogP contribution is 2.32. The summed E-state index contributed by atoms with van der Waals surface area (Å²) in [5.74, 6) is -1.52. The Morgan fingerprint density at radius 2 is 1.69 bits per heavy atom. The van der Waals surface area contributed by atoms with Crippen molar-refractivity contribution in [3.8, 4) is 22.7 Å². The number of hydrogen-bond donors (Lipinski definition) is 1. The highest BCUT2D eigenvalue weighted by atomic mass is 19.4. The van der Waals surface area contributed by atoms with Gasteiger partial charge in [-0.2, -0.15) is 13.2 Å². The van der Waals surface area contributed by atoms with Gasteiger partial charge in [0.05, 0.1) is 29.6 Å². The van der Waals surface area contributed by atoms with Crippen molar-refractivity contribution in [3.63, 3.8) is 0 Å². The molecule has 1 aromatic heterocycles. The number of halogens is 5. The smallest absolute Gasteiger partial charge is 0.416 e. The van der Waals surface area contributed by atoms with E-state index in [4.69, 9.17) is 4.74 Å². The number of benzene rings is 3. The summed E-state index contributed by atoms with van der Waals surface area (Å²) in [7, 11) is 1.52. The van der Waals surface area contributed by atoms with Crippen molar-refractivity contribution in [2.45, 2.75) is 19.6 Å². The Bertz CT molecular complexity index is 1410. The van der Waals surface area contributed by atoms with E-state index < -0.39 is 29.3 Å². The van der Waals surface area contributed by atoms with E-state index in [2.05, 4.69) is 5.32 Å². The molecule has 0 saturated carbocycles. The van der Waals surface area contributed by atoms with Crippen LogP contribution in [-0.2, 0) is 12.7 Å². The molecule has 0 saturated heterocycles. The van der Waals surface area contributed by atoms with E-state index in [9.17, 15) is 26.7 Å². The standard InChI is InChI=1S/C27H21F5N2O2/c1-16-22(26(35)33-15-17-4-3-5-19(12-17)27(30,31)32)14-25(18-6-9-21(36-2)10-7-18)34(16)24-11-8-20(28)13-23(24)29/h3-14H,15H2,1-2H3,(H,33,35). The molecule has 3 aromatic carbocycles. The van der Waals surface area contributed by atoms with E-state index in [0.29, 0.717) is 22.7 Å². The third-order valence-electron chi connectivity index (χ3n) is 5.74. The fourth-order valence-corrected chi connectivity index (χ4v) is 3.92. The van der Waals surface area contributed by atoms with Gasteiger partial charge in [0.1, 0.15) is 17.4 Å². The van der Waals surface area contributed by atoms with Crippen LogP contribution in [0.5, 0.6) is 5.75 Å². The number of rotatable bonds is 6. The van der Waals surface area contributed by atoms with Gasteiger partial charge in [0.2, 0.25) is 0 Å². The lowest BCUT2D eigenvalue weighted by Crippen LogP contribution is -2.23. The highest BCUT2D eigenvalue weighted by molar-refractivity contribution is 5.97. The van der Waals surface area contributed by atoms with Gasteiger partial charge in [0.15, 0.2) is 0 Å². The van der Waals surface area contributed by atoms with E-state index in [1.807, 2.05) is 0 Å². The van der Waals surface area contributed by atoms with Gasteiger partial charge in [-0.1, -0.05) is 12.1 Å². The Balaban J connectivity index is 1.72. The number of methoxy groups -OCH3 is 1. The minimum atomic E-state index is -4.50. The number of hydrogen-bond acceptors (Lipinski definition) is 2. The predicted molar refractivity (Wildman–Crippen MR) is 125 cm³/mol. The Morgan fingerprint density at radius 1 is 0.972 bits per heavy atom. The van der Waals surface area contributed by atoms with Gasteiger partial charge in [0, 0.05) is 18.3 Å². The van der Waals surface area contributed by atoms with Gasteiger partial charge in [0.25, 0.3) is 5.91 Å². The van der Waals surface area contributed by atoms with Crippen LogP contribution in [0.2, 0.25) is 0 Å². The first kappa shape index (κ1) is 25.0. The van der Waals surface area contributed by atoms with E-state index in [1.165, 1.54) is 29.9 Å². The van der Waals surface area contributed by atoms with Gasteiger partial charge in [-0.3, -0.25) is 4.79 Å². The van der Waals surface area contributed by atoms with Crippen LogP contribution in [0.1, 0.15) is 27.2 Å². The lowest BCUT2D eigenvalue weighted by Gasteiger charge is -2.14. The van der Waals surface area contributed by atoms with Crippen LogP contribution in [-0.4, -0.2) is 17.6 Å². The molecule has 0 aliphatic carbocycles. The molecule has 36 heavy (non-hydrogen) atoms. The molecule has 9 heteroatoms. The number of alkyl halides is 3. The SMILES string of the molecule is COc1ccc(-c2cc(C(=O)NCc3cccc(C(F)(F)F)c3)c(C)n2-c2ccc(F)cc2F)cc1. The van der Waals surface area contributed by atoms with E-state index in [-0.39, 0.29) is 23.4 Å². The number of amides is 1. The van der Waals surface area contributed by atoms with Crippen LogP contribution in [0.3, 0.4) is 0 Å². The second-order valence-electron chi connectivity index (χ2n) is 8.07. The van der Waals surface area contributed by atoms with E-state index in [1.54, 1.807) is 37.3 Å². The molecule has 0 atom stereocenters. The zero-order valence-electron chi connectivity index (χ0n) is 19.3. The summed E-state index contributed by atoms with van der Waals surface area (Å²) in [6.07, 6.45) is -4.50. The first-order chi connectivity index (χ1) is 17.1. The van der Waals surface area contributed by atoms with Crippen LogP contribution in [0, 0.1) is 18.6 Å². The van der Waals surface area contributed by atoms with Crippen molar-refractivity contribution in [2.24, 2.45) is 0 Å². The summed E-state index contributed by atoms with van der Waals surface area (Å²) in [6.45, 7) is 1.46. The molecule has 4 rings (SSSR count). The van der Waals surface area contributed by atoms with Crippen molar-refractivity contribution in [3.05, 3.63) is 107 Å². The summed E-state index contributed by atoms with van der Waals surface area (Å²) < 4.78 is 74.0. The summed E-state index contributed by atoms with van der Waals surface area (Å²) in [6, 6.07) is 16.2. The van der Waals surface area contributed by atoms with Crippen molar-refractivity contribution >= 4 is 5.91 Å². The fourth-order valence-electron chi connectivity index (χ4n) is 3.92. The van der Waals surface area contributed by atoms with Gasteiger partial charge in [-0.15, -0.1) is 0 Å². The third kappa shape index (κ3) is 5.10. The van der Waals surface area contributed by atoms with Gasteiger partial charge in [-0.05, 0) is 72.6 Å². The molecule has 1 heterocycles. The average Bonchev–Trinajstić information content (AvgIpc) is 3.19. The predicted octanol–water partition coefficient (Wildman–Crippen LogP) is 6.69. The molecule has 0 bridgehead atoms. The number of nitrogens with zero attached hydrogens (tertiary/aromatic N) is 1. The first-order valence-electron chi connectivity index (χ1n) is 10.8. The Labute approximate surface area is 203 Å². The monoisotopic (exact) mass is 500 g/mol. The highest BCUT2D eigenvalue weighted by Gasteiger charge is 2.30. The zero-order chi connectivity index (χ0) is 26.0.